The number of aromatic hydroxyl groups is 1. The second-order valence-electron chi connectivity index (χ2n) is 14.7. The summed E-state index contributed by atoms with van der Waals surface area (Å²) in [5.74, 6) is -3.46. The zero-order valence-corrected chi connectivity index (χ0v) is 31.2. The summed E-state index contributed by atoms with van der Waals surface area (Å²) in [6, 6.07) is 16.4. The first kappa shape index (κ1) is 39.7. The molecular weight excluding hydrogens is 736 g/mol. The van der Waals surface area contributed by atoms with Gasteiger partial charge >= 0.3 is 5.97 Å². The molecule has 57 heavy (non-hydrogen) atoms. The zero-order chi connectivity index (χ0) is 40.8. The van der Waals surface area contributed by atoms with Crippen LogP contribution in [0.2, 0.25) is 0 Å². The molecule has 2 fully saturated rings. The Labute approximate surface area is 327 Å². The number of aliphatic hydroxyl groups excluding tert-OH is 4. The van der Waals surface area contributed by atoms with E-state index in [2.05, 4.69) is 0 Å². The van der Waals surface area contributed by atoms with E-state index in [0.717, 1.165) is 19.8 Å². The molecule has 3 aliphatic rings. The van der Waals surface area contributed by atoms with E-state index in [9.17, 15) is 49.8 Å². The van der Waals surface area contributed by atoms with E-state index < -0.39 is 71.8 Å². The van der Waals surface area contributed by atoms with E-state index in [1.54, 1.807) is 48.5 Å². The van der Waals surface area contributed by atoms with Gasteiger partial charge in [0.1, 0.15) is 35.6 Å². The number of ketones is 2. The van der Waals surface area contributed by atoms with Crippen LogP contribution >= 0.6 is 0 Å². The number of hydrogen-bond donors (Lipinski definition) is 6. The lowest BCUT2D eigenvalue weighted by molar-refractivity contribution is -0.268. The van der Waals surface area contributed by atoms with Crippen LogP contribution in [0.25, 0.3) is 12.2 Å². The maximum Gasteiger partial charge on any atom is 0.308 e. The molecule has 4 aromatic carbocycles. The molecule has 0 spiro atoms. The van der Waals surface area contributed by atoms with Gasteiger partial charge in [0.2, 0.25) is 6.29 Å². The summed E-state index contributed by atoms with van der Waals surface area (Å²) in [7, 11) is 0. The Morgan fingerprint density at radius 1 is 0.860 bits per heavy atom. The standard InChI is InChI=1S/C44H42O13/c1-22-37(48)41(52)42(53)43(55-22)57-33-19-29-36(38(49)28(33)17-25-11-8-12-31(30(25)21-46)44(54)15-6-7-16-44)40(51)34-26(20-45)18-32(56-23(2)47)27(35(34)39(29)50)14-13-24-9-4-3-5-10-24/h3-5,8-14,18-19,21-22,37,41-43,45,48-49,52-54H,6-7,15-17,20H2,1-2H3/b14-13+/t22-,37+,41+,42+,43+/m0/s1. The molecule has 0 unspecified atom stereocenters. The highest BCUT2D eigenvalue weighted by Crippen LogP contribution is 2.46. The van der Waals surface area contributed by atoms with Crippen LogP contribution < -0.4 is 9.47 Å². The maximum atomic E-state index is 14.8. The second-order valence-corrected chi connectivity index (χ2v) is 14.7. The van der Waals surface area contributed by atoms with Gasteiger partial charge in [0, 0.05) is 46.7 Å². The van der Waals surface area contributed by atoms with Gasteiger partial charge in [0.15, 0.2) is 17.9 Å². The largest absolute Gasteiger partial charge is 0.507 e. The van der Waals surface area contributed by atoms with Crippen molar-refractivity contribution in [3.8, 4) is 17.2 Å². The normalized spacial score (nSPS) is 22.6. The molecule has 1 saturated carbocycles. The van der Waals surface area contributed by atoms with Crippen molar-refractivity contribution in [2.75, 3.05) is 0 Å². The number of aldehydes is 1. The molecule has 7 rings (SSSR count). The van der Waals surface area contributed by atoms with Crippen LogP contribution in [0.5, 0.6) is 17.2 Å². The van der Waals surface area contributed by atoms with Gasteiger partial charge in [-0.2, -0.15) is 0 Å². The molecule has 1 saturated heterocycles. The first-order valence-corrected chi connectivity index (χ1v) is 18.6. The van der Waals surface area contributed by atoms with E-state index in [0.29, 0.717) is 35.8 Å². The molecule has 13 nitrogen and oxygen atoms in total. The molecule has 0 aromatic heterocycles. The first-order chi connectivity index (χ1) is 27.3. The fourth-order valence-corrected chi connectivity index (χ4v) is 8.09. The van der Waals surface area contributed by atoms with Gasteiger partial charge in [-0.1, -0.05) is 67.4 Å². The summed E-state index contributed by atoms with van der Waals surface area (Å²) in [5, 5.41) is 66.0. The minimum absolute atomic E-state index is 0.0468. The molecule has 0 bridgehead atoms. The lowest BCUT2D eigenvalue weighted by Gasteiger charge is -2.39. The van der Waals surface area contributed by atoms with Crippen molar-refractivity contribution in [1.82, 2.24) is 0 Å². The van der Waals surface area contributed by atoms with Crippen LogP contribution in [0.15, 0.2) is 60.7 Å². The third-order valence-corrected chi connectivity index (χ3v) is 11.0. The fourth-order valence-electron chi connectivity index (χ4n) is 8.09. The Balaban J connectivity index is 1.44. The molecule has 0 amide bonds. The van der Waals surface area contributed by atoms with Crippen LogP contribution in [0, 0.1) is 0 Å². The topological polar surface area (TPSA) is 217 Å². The molecule has 2 aliphatic carbocycles. The van der Waals surface area contributed by atoms with Crippen LogP contribution in [0.1, 0.15) is 115 Å². The average Bonchev–Trinajstić information content (AvgIpc) is 3.65. The van der Waals surface area contributed by atoms with E-state index in [-0.39, 0.29) is 56.9 Å². The van der Waals surface area contributed by atoms with Crippen molar-refractivity contribution in [3.05, 3.63) is 122 Å². The molecule has 296 valence electrons. The molecule has 6 N–H and O–H groups in total. The highest BCUT2D eigenvalue weighted by molar-refractivity contribution is 6.31. The van der Waals surface area contributed by atoms with Gasteiger partial charge in [-0.05, 0) is 60.2 Å². The van der Waals surface area contributed by atoms with E-state index in [1.807, 2.05) is 6.07 Å². The molecule has 1 aliphatic heterocycles. The van der Waals surface area contributed by atoms with Crippen LogP contribution in [0.4, 0.5) is 0 Å². The third-order valence-electron chi connectivity index (χ3n) is 11.0. The van der Waals surface area contributed by atoms with Gasteiger partial charge < -0.3 is 44.8 Å². The summed E-state index contributed by atoms with van der Waals surface area (Å²) in [5.41, 5.74) is -0.991. The molecular formula is C44H42O13. The van der Waals surface area contributed by atoms with Gasteiger partial charge in [0.05, 0.1) is 23.9 Å². The number of esters is 1. The van der Waals surface area contributed by atoms with Crippen molar-refractivity contribution in [2.45, 2.75) is 88.9 Å². The SMILES string of the molecule is CC(=O)Oc1cc(CO)c2c(c1/C=C/c1ccccc1)C(=O)c1cc(O[C@H]3O[C@@H](C)[C@@H](O)[C@@H](O)[C@H]3O)c(Cc3cccc(C4(O)CCCC4)c3C=O)c(O)c1C2=O. The number of aliphatic hydroxyl groups is 5. The molecule has 13 heteroatoms. The lowest BCUT2D eigenvalue weighted by Crippen LogP contribution is -2.58. The average molecular weight is 779 g/mol. The van der Waals surface area contributed by atoms with Gasteiger partial charge in [-0.25, -0.2) is 0 Å². The number of hydrogen-bond acceptors (Lipinski definition) is 13. The Bertz CT molecular complexity index is 2290. The number of rotatable bonds is 10. The maximum absolute atomic E-state index is 14.8. The Morgan fingerprint density at radius 3 is 2.25 bits per heavy atom. The summed E-state index contributed by atoms with van der Waals surface area (Å²) < 4.78 is 17.3. The molecule has 1 heterocycles. The van der Waals surface area contributed by atoms with Crippen molar-refractivity contribution in [3.63, 3.8) is 0 Å². The number of ether oxygens (including phenoxy) is 3. The quantitative estimate of drug-likeness (QED) is 0.0510. The van der Waals surface area contributed by atoms with Crippen LogP contribution in [0.3, 0.4) is 0 Å². The Hall–Kier alpha value is -5.54. The number of carbonyl (C=O) groups is 4. The van der Waals surface area contributed by atoms with E-state index in [1.165, 1.54) is 25.1 Å². The number of fused-ring (bicyclic) bond motifs is 2. The monoisotopic (exact) mass is 778 g/mol. The lowest BCUT2D eigenvalue weighted by atomic mass is 9.77. The zero-order valence-electron chi connectivity index (χ0n) is 31.2. The fraction of sp³-hybridized carbons (Fsp3) is 0.318. The highest BCUT2D eigenvalue weighted by atomic mass is 16.7. The highest BCUT2D eigenvalue weighted by Gasteiger charge is 2.45. The minimum Gasteiger partial charge on any atom is -0.507 e. The number of benzene rings is 4. The second kappa shape index (κ2) is 15.8. The first-order valence-electron chi connectivity index (χ1n) is 18.6. The van der Waals surface area contributed by atoms with Gasteiger partial charge in [-0.3, -0.25) is 19.2 Å². The summed E-state index contributed by atoms with van der Waals surface area (Å²) in [6.45, 7) is 1.86. The Morgan fingerprint density at radius 2 is 1.58 bits per heavy atom. The summed E-state index contributed by atoms with van der Waals surface area (Å²) in [6.07, 6.45) is -1.81. The number of phenolic OH excluding ortho intramolecular Hbond substituents is 1. The molecule has 5 atom stereocenters. The number of carbonyl (C=O) groups excluding carboxylic acids is 4. The molecule has 4 aromatic rings. The smallest absolute Gasteiger partial charge is 0.308 e. The molecule has 0 radical (unpaired) electrons. The predicted molar refractivity (Wildman–Crippen MR) is 204 cm³/mol. The van der Waals surface area contributed by atoms with Crippen LogP contribution in [-0.4, -0.2) is 85.2 Å². The van der Waals surface area contributed by atoms with Crippen molar-refractivity contribution >= 4 is 36.0 Å². The Kier molecular flexibility index (Phi) is 11.0. The van der Waals surface area contributed by atoms with Crippen molar-refractivity contribution < 1.29 is 64.0 Å². The van der Waals surface area contributed by atoms with Crippen LogP contribution in [-0.2, 0) is 28.2 Å². The predicted octanol–water partition coefficient (Wildman–Crippen LogP) is 4.13. The van der Waals surface area contributed by atoms with E-state index in [4.69, 9.17) is 14.2 Å². The van der Waals surface area contributed by atoms with Crippen molar-refractivity contribution in [1.29, 1.82) is 0 Å². The van der Waals surface area contributed by atoms with E-state index >= 15 is 0 Å². The van der Waals surface area contributed by atoms with Gasteiger partial charge in [0.25, 0.3) is 0 Å². The third kappa shape index (κ3) is 7.18. The number of phenols is 1. The van der Waals surface area contributed by atoms with Gasteiger partial charge in [-0.15, -0.1) is 0 Å². The summed E-state index contributed by atoms with van der Waals surface area (Å²) in [4.78, 5) is 54.4. The minimum atomic E-state index is -1.81. The van der Waals surface area contributed by atoms with Crippen molar-refractivity contribution in [2.24, 2.45) is 0 Å². The summed E-state index contributed by atoms with van der Waals surface area (Å²) >= 11 is 0.